The van der Waals surface area contributed by atoms with Gasteiger partial charge < -0.3 is 40.3 Å². The molecule has 0 spiro atoms. The van der Waals surface area contributed by atoms with Crippen molar-refractivity contribution in [3.8, 4) is 16.2 Å². The topological polar surface area (TPSA) is 183 Å². The Morgan fingerprint density at radius 1 is 1.08 bits per heavy atom. The molecule has 4 aromatic rings. The Morgan fingerprint density at radius 2 is 1.83 bits per heavy atom. The summed E-state index contributed by atoms with van der Waals surface area (Å²) in [6, 6.07) is 11.6. The van der Waals surface area contributed by atoms with Gasteiger partial charge in [-0.1, -0.05) is 35.9 Å². The summed E-state index contributed by atoms with van der Waals surface area (Å²) in [7, 11) is 3.27. The fraction of sp³-hybridized carbons (Fsp3) is 0.532. The summed E-state index contributed by atoms with van der Waals surface area (Å²) in [5.74, 6) is 1.65. The lowest BCUT2D eigenvalue weighted by atomic mass is 9.93. The number of methoxy groups -OCH3 is 1. The van der Waals surface area contributed by atoms with Gasteiger partial charge in [-0.15, -0.1) is 11.3 Å². The summed E-state index contributed by atoms with van der Waals surface area (Å²) in [5, 5.41) is 23.3. The first-order chi connectivity index (χ1) is 31.7. The van der Waals surface area contributed by atoms with Gasteiger partial charge in [0.05, 0.1) is 41.7 Å². The first-order valence-electron chi connectivity index (χ1n) is 22.6. The van der Waals surface area contributed by atoms with E-state index in [-0.39, 0.29) is 30.6 Å². The third-order valence-corrected chi connectivity index (χ3v) is 15.3. The molecule has 66 heavy (non-hydrogen) atoms. The SMILES string of the molecule is CNc1nc(Nc2ccc(C(=O)N3CCC(CCOCCSC(C)(C)[C@H](NC(O)C4(F)CC4)C(=O)N4CCC[C@H]4C(=O)NCc4ccc(-c5scnc5C)cc4)CC3)cc2OC)ncc1Cl. The van der Waals surface area contributed by atoms with Crippen LogP contribution in [0.2, 0.25) is 5.02 Å². The number of aromatic nitrogens is 3. The molecule has 4 heterocycles. The van der Waals surface area contributed by atoms with Crippen molar-refractivity contribution in [2.45, 2.75) is 101 Å². The van der Waals surface area contributed by atoms with Gasteiger partial charge in [-0.2, -0.15) is 16.7 Å². The standard InChI is InChI=1S/C47H61ClFN9O6S2/c1-29-38(65-28-53-29)32-10-8-31(9-11-32)26-51-41(59)36-7-6-19-58(36)43(61)39(55-44(62)47(49)17-18-47)46(2,3)66-24-23-64-22-16-30-14-20-57(21-15-30)42(60)33-12-13-35(37(25-33)63-5)54-45-52-27-34(48)40(50-4)56-45/h8-13,25,27-28,30,36,39,44,55,62H,6-7,14-24,26H2,1-5H3,(H,51,59)(H2,50,52,54,56)/t36-,39+,44?/m0/s1. The number of ether oxygens (including phenoxy) is 2. The van der Waals surface area contributed by atoms with E-state index in [1.54, 1.807) is 48.6 Å². The summed E-state index contributed by atoms with van der Waals surface area (Å²) in [5.41, 5.74) is 4.18. The number of hydrogen-bond acceptors (Lipinski definition) is 14. The third-order valence-electron chi connectivity index (χ3n) is 12.7. The number of hydrogen-bond donors (Lipinski definition) is 5. The number of aliphatic hydroxyl groups is 1. The maximum absolute atomic E-state index is 15.1. The maximum Gasteiger partial charge on any atom is 0.253 e. The molecule has 356 valence electrons. The van der Waals surface area contributed by atoms with Gasteiger partial charge in [0.15, 0.2) is 0 Å². The summed E-state index contributed by atoms with van der Waals surface area (Å²) in [4.78, 5) is 59.0. The van der Waals surface area contributed by atoms with Crippen LogP contribution < -0.4 is 26.0 Å². The van der Waals surface area contributed by atoms with Gasteiger partial charge in [0.1, 0.15) is 40.6 Å². The summed E-state index contributed by atoms with van der Waals surface area (Å²) in [6.45, 7) is 8.78. The number of nitrogens with one attached hydrogen (secondary N) is 4. The number of aliphatic hydroxyl groups excluding tert-OH is 1. The molecule has 2 saturated heterocycles. The minimum atomic E-state index is -1.77. The van der Waals surface area contributed by atoms with Crippen LogP contribution >= 0.6 is 34.7 Å². The van der Waals surface area contributed by atoms with Crippen LogP contribution in [0, 0.1) is 12.8 Å². The van der Waals surface area contributed by atoms with Crippen molar-refractivity contribution in [1.82, 2.24) is 35.4 Å². The van der Waals surface area contributed by atoms with Crippen LogP contribution in [0.4, 0.5) is 21.8 Å². The number of carbonyl (C=O) groups is 3. The number of thiazole rings is 1. The summed E-state index contributed by atoms with van der Waals surface area (Å²) < 4.78 is 26.0. The van der Waals surface area contributed by atoms with Crippen LogP contribution in [0.25, 0.3) is 10.4 Å². The molecule has 1 unspecified atom stereocenters. The molecule has 3 amide bonds. The Hall–Kier alpha value is -4.59. The number of rotatable bonds is 21. The number of amides is 3. The lowest BCUT2D eigenvalue weighted by Gasteiger charge is -2.39. The van der Waals surface area contributed by atoms with Crippen LogP contribution in [0.15, 0.2) is 54.2 Å². The zero-order valence-corrected chi connectivity index (χ0v) is 40.6. The monoisotopic (exact) mass is 965 g/mol. The molecule has 3 atom stereocenters. The molecule has 1 saturated carbocycles. The lowest BCUT2D eigenvalue weighted by molar-refractivity contribution is -0.141. The normalized spacial score (nSPS) is 18.2. The van der Waals surface area contributed by atoms with Crippen molar-refractivity contribution in [1.29, 1.82) is 0 Å². The highest BCUT2D eigenvalue weighted by Gasteiger charge is 2.53. The minimum Gasteiger partial charge on any atom is -0.495 e. The van der Waals surface area contributed by atoms with Crippen LogP contribution in [0.3, 0.4) is 0 Å². The van der Waals surface area contributed by atoms with E-state index < -0.39 is 28.7 Å². The van der Waals surface area contributed by atoms with E-state index in [1.807, 2.05) is 55.4 Å². The van der Waals surface area contributed by atoms with E-state index in [0.717, 1.165) is 41.0 Å². The van der Waals surface area contributed by atoms with E-state index in [4.69, 9.17) is 21.1 Å². The van der Waals surface area contributed by atoms with Gasteiger partial charge in [0.25, 0.3) is 5.91 Å². The van der Waals surface area contributed by atoms with Crippen molar-refractivity contribution in [2.75, 3.05) is 63.4 Å². The van der Waals surface area contributed by atoms with Gasteiger partial charge in [-0.05, 0) is 101 Å². The van der Waals surface area contributed by atoms with Crippen LogP contribution in [0.5, 0.6) is 5.75 Å². The van der Waals surface area contributed by atoms with E-state index >= 15 is 4.39 Å². The Morgan fingerprint density at radius 3 is 2.52 bits per heavy atom. The number of benzene rings is 2. The molecular weight excluding hydrogens is 905 g/mol. The number of alkyl halides is 1. The third kappa shape index (κ3) is 12.1. The second-order valence-corrected chi connectivity index (χ2v) is 20.7. The van der Waals surface area contributed by atoms with E-state index in [0.29, 0.717) is 97.7 Å². The van der Waals surface area contributed by atoms with Gasteiger partial charge in [-0.3, -0.25) is 19.7 Å². The Bertz CT molecular complexity index is 2310. The van der Waals surface area contributed by atoms with E-state index in [1.165, 1.54) is 18.0 Å². The molecule has 0 radical (unpaired) electrons. The molecule has 3 fully saturated rings. The highest BCUT2D eigenvalue weighted by atomic mass is 35.5. The van der Waals surface area contributed by atoms with Crippen molar-refractivity contribution in [2.24, 2.45) is 5.92 Å². The minimum absolute atomic E-state index is 0.0595. The van der Waals surface area contributed by atoms with Gasteiger partial charge >= 0.3 is 0 Å². The number of carbonyl (C=O) groups excluding carboxylic acids is 3. The Labute approximate surface area is 399 Å². The fourth-order valence-corrected chi connectivity index (χ4v) is 10.5. The summed E-state index contributed by atoms with van der Waals surface area (Å²) >= 11 is 9.22. The first-order valence-corrected chi connectivity index (χ1v) is 24.8. The fourth-order valence-electron chi connectivity index (χ4n) is 8.46. The quantitative estimate of drug-likeness (QED) is 0.0418. The molecule has 7 rings (SSSR count). The number of anilines is 3. The largest absolute Gasteiger partial charge is 0.495 e. The highest BCUT2D eigenvalue weighted by molar-refractivity contribution is 8.00. The number of likely N-dealkylation sites (tertiary alicyclic amines) is 2. The van der Waals surface area contributed by atoms with Crippen molar-refractivity contribution < 1.29 is 33.4 Å². The molecule has 15 nitrogen and oxygen atoms in total. The molecule has 2 aliphatic heterocycles. The smallest absolute Gasteiger partial charge is 0.253 e. The average Bonchev–Trinajstić information content (AvgIpc) is 3.65. The molecule has 0 bridgehead atoms. The Balaban J connectivity index is 0.855. The number of piperidine rings is 1. The van der Waals surface area contributed by atoms with Gasteiger partial charge in [-0.25, -0.2) is 14.4 Å². The predicted molar refractivity (Wildman–Crippen MR) is 258 cm³/mol. The molecule has 5 N–H and O–H groups in total. The van der Waals surface area contributed by atoms with E-state index in [9.17, 15) is 19.5 Å². The molecule has 2 aromatic heterocycles. The zero-order chi connectivity index (χ0) is 47.0. The lowest BCUT2D eigenvalue weighted by Crippen LogP contribution is -2.62. The predicted octanol–water partition coefficient (Wildman–Crippen LogP) is 7.21. The highest BCUT2D eigenvalue weighted by Crippen LogP contribution is 2.43. The van der Waals surface area contributed by atoms with Crippen molar-refractivity contribution in [3.63, 3.8) is 0 Å². The average molecular weight is 967 g/mol. The van der Waals surface area contributed by atoms with Crippen LogP contribution in [-0.2, 0) is 20.9 Å². The van der Waals surface area contributed by atoms with Crippen molar-refractivity contribution in [3.05, 3.63) is 76.0 Å². The number of halogens is 2. The second kappa shape index (κ2) is 22.0. The number of aryl methyl sites for hydroxylation is 1. The number of nitrogens with zero attached hydrogens (tertiary/aromatic N) is 5. The molecule has 3 aliphatic rings. The molecule has 19 heteroatoms. The van der Waals surface area contributed by atoms with Gasteiger partial charge in [0, 0.05) is 55.9 Å². The summed E-state index contributed by atoms with van der Waals surface area (Å²) in [6.07, 6.45) is 4.19. The van der Waals surface area contributed by atoms with E-state index in [2.05, 4.69) is 36.2 Å². The Kier molecular flexibility index (Phi) is 16.5. The van der Waals surface area contributed by atoms with Gasteiger partial charge in [0.2, 0.25) is 17.8 Å². The molecule has 2 aromatic carbocycles. The molecular formula is C47H61ClFN9O6S2. The first kappa shape index (κ1) is 49.3. The van der Waals surface area contributed by atoms with Crippen molar-refractivity contribution >= 4 is 69.9 Å². The van der Waals surface area contributed by atoms with Crippen LogP contribution in [0.1, 0.15) is 80.4 Å². The number of thioether (sulfide) groups is 1. The van der Waals surface area contributed by atoms with Crippen LogP contribution in [-0.4, -0.2) is 129 Å². The second-order valence-electron chi connectivity index (χ2n) is 17.7. The zero-order valence-electron chi connectivity index (χ0n) is 38.2. The maximum atomic E-state index is 15.1. The molecule has 1 aliphatic carbocycles.